The largest absolute Gasteiger partial charge is 0.376 e. The molecule has 0 bridgehead atoms. The van der Waals surface area contributed by atoms with Crippen LogP contribution in [0.3, 0.4) is 0 Å². The summed E-state index contributed by atoms with van der Waals surface area (Å²) < 4.78 is 5.87. The lowest BCUT2D eigenvalue weighted by Crippen LogP contribution is -2.49. The van der Waals surface area contributed by atoms with Crippen molar-refractivity contribution in [2.45, 2.75) is 70.2 Å². The average molecular weight is 504 g/mol. The van der Waals surface area contributed by atoms with E-state index in [-0.39, 0.29) is 30.5 Å². The summed E-state index contributed by atoms with van der Waals surface area (Å²) in [6.45, 7) is 2.84. The van der Waals surface area contributed by atoms with Gasteiger partial charge in [-0.3, -0.25) is 14.6 Å². The highest BCUT2D eigenvalue weighted by Gasteiger charge is 2.35. The first-order valence-electron chi connectivity index (χ1n) is 13.0. The van der Waals surface area contributed by atoms with E-state index in [9.17, 15) is 9.59 Å². The molecule has 37 heavy (non-hydrogen) atoms. The van der Waals surface area contributed by atoms with Crippen molar-refractivity contribution in [1.29, 1.82) is 0 Å². The molecule has 10 heteroatoms. The molecule has 10 nitrogen and oxygen atoms in total. The maximum absolute atomic E-state index is 13.8. The van der Waals surface area contributed by atoms with Crippen LogP contribution in [0.2, 0.25) is 0 Å². The molecule has 0 spiro atoms. The first-order chi connectivity index (χ1) is 18.1. The second-order valence-corrected chi connectivity index (χ2v) is 9.86. The van der Waals surface area contributed by atoms with E-state index in [2.05, 4.69) is 25.7 Å². The summed E-state index contributed by atoms with van der Waals surface area (Å²) in [5, 5.41) is 15.9. The number of nitrogens with one attached hydrogen (secondary N) is 1. The van der Waals surface area contributed by atoms with Crippen LogP contribution >= 0.6 is 0 Å². The van der Waals surface area contributed by atoms with Crippen LogP contribution in [0.5, 0.6) is 0 Å². The average Bonchev–Trinajstić information content (AvgIpc) is 3.69. The molecular weight excluding hydrogens is 470 g/mol. The van der Waals surface area contributed by atoms with E-state index in [0.717, 1.165) is 49.7 Å². The van der Waals surface area contributed by atoms with Crippen LogP contribution in [0.15, 0.2) is 48.8 Å². The number of nitrogens with zero attached hydrogens (tertiary/aromatic N) is 6. The first-order valence-corrected chi connectivity index (χ1v) is 13.0. The normalized spacial score (nSPS) is 18.6. The number of benzene rings is 1. The van der Waals surface area contributed by atoms with Crippen LogP contribution in [0, 0.1) is 6.92 Å². The van der Waals surface area contributed by atoms with Gasteiger partial charge in [-0.25, -0.2) is 0 Å². The number of aryl methyl sites for hydroxylation is 1. The van der Waals surface area contributed by atoms with Gasteiger partial charge in [0.05, 0.1) is 6.10 Å². The van der Waals surface area contributed by atoms with Gasteiger partial charge >= 0.3 is 0 Å². The van der Waals surface area contributed by atoms with Crippen molar-refractivity contribution in [3.8, 4) is 11.4 Å². The predicted molar refractivity (Wildman–Crippen MR) is 136 cm³/mol. The van der Waals surface area contributed by atoms with Gasteiger partial charge in [0, 0.05) is 37.2 Å². The number of ether oxygens (including phenoxy) is 1. The van der Waals surface area contributed by atoms with Gasteiger partial charge in [0.15, 0.2) is 0 Å². The van der Waals surface area contributed by atoms with Gasteiger partial charge in [-0.2, -0.15) is 4.80 Å². The quantitative estimate of drug-likeness (QED) is 0.477. The van der Waals surface area contributed by atoms with E-state index < -0.39 is 6.04 Å². The lowest BCUT2D eigenvalue weighted by Gasteiger charge is -2.33. The van der Waals surface area contributed by atoms with E-state index in [4.69, 9.17) is 4.74 Å². The van der Waals surface area contributed by atoms with Gasteiger partial charge < -0.3 is 15.0 Å². The Morgan fingerprint density at radius 2 is 1.84 bits per heavy atom. The summed E-state index contributed by atoms with van der Waals surface area (Å²) in [6.07, 6.45) is 9.06. The Kier molecular flexibility index (Phi) is 7.84. The zero-order valence-corrected chi connectivity index (χ0v) is 21.1. The number of hydrogen-bond acceptors (Lipinski definition) is 7. The Bertz CT molecular complexity index is 1190. The fourth-order valence-corrected chi connectivity index (χ4v) is 5.07. The number of tetrazole rings is 1. The van der Waals surface area contributed by atoms with Gasteiger partial charge in [-0.05, 0) is 55.5 Å². The maximum atomic E-state index is 13.8. The van der Waals surface area contributed by atoms with Crippen LogP contribution in [0.1, 0.15) is 55.7 Å². The Labute approximate surface area is 216 Å². The minimum atomic E-state index is -0.805. The Morgan fingerprint density at radius 1 is 1.08 bits per heavy atom. The molecule has 3 aromatic rings. The van der Waals surface area contributed by atoms with E-state index in [0.29, 0.717) is 24.5 Å². The van der Waals surface area contributed by atoms with E-state index >= 15 is 0 Å². The molecule has 2 aliphatic rings. The summed E-state index contributed by atoms with van der Waals surface area (Å²) in [4.78, 5) is 34.5. The second-order valence-electron chi connectivity index (χ2n) is 9.86. The minimum absolute atomic E-state index is 0.126. The molecule has 2 unspecified atom stereocenters. The lowest BCUT2D eigenvalue weighted by molar-refractivity contribution is -0.143. The Hall–Kier alpha value is -3.66. The molecule has 2 amide bonds. The Balaban J connectivity index is 1.40. The lowest BCUT2D eigenvalue weighted by atomic mass is 10.0. The molecule has 3 heterocycles. The third-order valence-corrected chi connectivity index (χ3v) is 7.07. The number of hydrogen-bond donors (Lipinski definition) is 1. The standard InChI is InChI=1S/C27H33N7O3/c1-19-8-10-21(11-9-19)26-30-32-34(31-26)18-24(35)33(17-23-7-4-16-37-23)25(20-12-14-28-15-13-20)27(36)29-22-5-2-3-6-22/h8-15,22-23,25H,2-7,16-18H2,1H3,(H,29,36). The maximum Gasteiger partial charge on any atom is 0.247 e. The smallest absolute Gasteiger partial charge is 0.247 e. The summed E-state index contributed by atoms with van der Waals surface area (Å²) in [5.41, 5.74) is 2.67. The molecule has 5 rings (SSSR count). The molecule has 1 N–H and O–H groups in total. The highest BCUT2D eigenvalue weighted by molar-refractivity contribution is 5.89. The van der Waals surface area contributed by atoms with Crippen LogP contribution in [-0.4, -0.2) is 67.2 Å². The number of amides is 2. The summed E-state index contributed by atoms with van der Waals surface area (Å²) in [6, 6.07) is 10.7. The second kappa shape index (κ2) is 11.6. The monoisotopic (exact) mass is 503 g/mol. The van der Waals surface area contributed by atoms with E-state index in [1.807, 2.05) is 31.2 Å². The zero-order valence-electron chi connectivity index (χ0n) is 21.1. The molecule has 1 aliphatic heterocycles. The minimum Gasteiger partial charge on any atom is -0.376 e. The van der Waals surface area contributed by atoms with E-state index in [1.165, 1.54) is 4.80 Å². The highest BCUT2D eigenvalue weighted by atomic mass is 16.5. The van der Waals surface area contributed by atoms with Gasteiger partial charge in [0.25, 0.3) is 0 Å². The molecule has 1 aliphatic carbocycles. The van der Waals surface area contributed by atoms with Crippen molar-refractivity contribution < 1.29 is 14.3 Å². The number of carbonyl (C=O) groups excluding carboxylic acids is 2. The van der Waals surface area contributed by atoms with Gasteiger partial charge in [-0.15, -0.1) is 10.2 Å². The summed E-state index contributed by atoms with van der Waals surface area (Å²) >= 11 is 0. The zero-order chi connectivity index (χ0) is 25.6. The Morgan fingerprint density at radius 3 is 2.54 bits per heavy atom. The molecule has 1 saturated carbocycles. The molecule has 1 aromatic carbocycles. The van der Waals surface area contributed by atoms with Gasteiger partial charge in [-0.1, -0.05) is 42.7 Å². The van der Waals surface area contributed by atoms with E-state index in [1.54, 1.807) is 29.4 Å². The molecule has 2 atom stereocenters. The SMILES string of the molecule is Cc1ccc(-c2nnn(CC(=O)N(CC3CCCO3)C(C(=O)NC3CCCC3)c3ccncc3)n2)cc1. The first kappa shape index (κ1) is 25.0. The highest BCUT2D eigenvalue weighted by Crippen LogP contribution is 2.26. The topological polar surface area (TPSA) is 115 Å². The number of pyridine rings is 1. The van der Waals surface area contributed by atoms with Crippen molar-refractivity contribution in [2.24, 2.45) is 0 Å². The summed E-state index contributed by atoms with van der Waals surface area (Å²) in [5.74, 6) is -0.00813. The third-order valence-electron chi connectivity index (χ3n) is 7.07. The molecule has 2 fully saturated rings. The summed E-state index contributed by atoms with van der Waals surface area (Å²) in [7, 11) is 0. The van der Waals surface area contributed by atoms with Crippen molar-refractivity contribution in [3.05, 3.63) is 59.9 Å². The van der Waals surface area contributed by atoms with Crippen LogP contribution in [-0.2, 0) is 20.9 Å². The number of carbonyl (C=O) groups is 2. The van der Waals surface area contributed by atoms with Gasteiger partial charge in [0.1, 0.15) is 12.6 Å². The number of rotatable bonds is 9. The van der Waals surface area contributed by atoms with Crippen molar-refractivity contribution in [3.63, 3.8) is 0 Å². The van der Waals surface area contributed by atoms with Crippen LogP contribution in [0.4, 0.5) is 0 Å². The fraction of sp³-hybridized carbons (Fsp3) is 0.481. The van der Waals surface area contributed by atoms with Gasteiger partial charge in [0.2, 0.25) is 17.6 Å². The fourth-order valence-electron chi connectivity index (χ4n) is 5.07. The van der Waals surface area contributed by atoms with Crippen LogP contribution in [0.25, 0.3) is 11.4 Å². The number of aromatic nitrogens is 5. The van der Waals surface area contributed by atoms with Crippen LogP contribution < -0.4 is 5.32 Å². The molecule has 2 aromatic heterocycles. The predicted octanol–water partition coefficient (Wildman–Crippen LogP) is 2.85. The van der Waals surface area contributed by atoms with Crippen molar-refractivity contribution in [1.82, 2.24) is 35.4 Å². The molecule has 194 valence electrons. The molecule has 1 saturated heterocycles. The third kappa shape index (κ3) is 6.19. The molecular formula is C27H33N7O3. The van der Waals surface area contributed by atoms with Crippen molar-refractivity contribution >= 4 is 11.8 Å². The van der Waals surface area contributed by atoms with Crippen molar-refractivity contribution in [2.75, 3.05) is 13.2 Å². The molecule has 0 radical (unpaired) electrons.